The first-order valence-electron chi connectivity index (χ1n) is 6.35. The molecule has 0 saturated carbocycles. The molecule has 1 aromatic heterocycles. The molecule has 0 aliphatic rings. The second-order valence-electron chi connectivity index (χ2n) is 4.26. The van der Waals surface area contributed by atoms with E-state index < -0.39 is 0 Å². The van der Waals surface area contributed by atoms with Crippen molar-refractivity contribution >= 4 is 0 Å². The third-order valence-electron chi connectivity index (χ3n) is 3.07. The lowest BCUT2D eigenvalue weighted by molar-refractivity contribution is 0.486. The van der Waals surface area contributed by atoms with Gasteiger partial charge in [-0.05, 0) is 32.3 Å². The summed E-state index contributed by atoms with van der Waals surface area (Å²) in [4.78, 5) is 0. The Morgan fingerprint density at radius 3 is 2.71 bits per heavy atom. The topological polar surface area (TPSA) is 55.9 Å². The van der Waals surface area contributed by atoms with Crippen LogP contribution in [-0.2, 0) is 13.0 Å². The average molecular weight is 236 g/mol. The number of hydrogen-bond acceptors (Lipinski definition) is 3. The molecule has 0 saturated heterocycles. The second-order valence-corrected chi connectivity index (χ2v) is 4.26. The van der Waals surface area contributed by atoms with Crippen LogP contribution in [0.1, 0.15) is 51.0 Å². The van der Waals surface area contributed by atoms with E-state index >= 15 is 0 Å². The molecule has 0 aliphatic carbocycles. The van der Waals surface area contributed by atoms with Gasteiger partial charge in [0.2, 0.25) is 0 Å². The van der Waals surface area contributed by atoms with Gasteiger partial charge in [0.1, 0.15) is 0 Å². The number of nitrogens with zero attached hydrogens (tertiary/aromatic N) is 2. The number of aryl methyl sites for hydroxylation is 2. The summed E-state index contributed by atoms with van der Waals surface area (Å²) in [6.45, 7) is 11.2. The van der Waals surface area contributed by atoms with E-state index in [0.717, 1.165) is 37.2 Å². The van der Waals surface area contributed by atoms with Gasteiger partial charge < -0.3 is 0 Å². The van der Waals surface area contributed by atoms with Crippen LogP contribution in [0.3, 0.4) is 0 Å². The van der Waals surface area contributed by atoms with Crippen LogP contribution in [0.2, 0.25) is 0 Å². The first-order chi connectivity index (χ1) is 8.15. The number of rotatable bonds is 7. The number of nitrogens with two attached hydrogens (primary N) is 1. The van der Waals surface area contributed by atoms with E-state index in [1.54, 1.807) is 0 Å². The van der Waals surface area contributed by atoms with Crippen molar-refractivity contribution in [2.75, 3.05) is 0 Å². The molecule has 1 atom stereocenters. The number of hydrogen-bond donors (Lipinski definition) is 2. The fourth-order valence-corrected chi connectivity index (χ4v) is 1.88. The highest BCUT2D eigenvalue weighted by atomic mass is 15.3. The Kier molecular flexibility index (Phi) is 5.38. The standard InChI is InChI=1S/C13H24N4/c1-5-10(4)8-12(15-14)13-9-11(6-2)16-17(13)7-3/h9,12,15H,4-8,14H2,1-3H3. The van der Waals surface area contributed by atoms with Gasteiger partial charge in [0.25, 0.3) is 0 Å². The molecule has 3 N–H and O–H groups in total. The Balaban J connectivity index is 2.93. The van der Waals surface area contributed by atoms with Gasteiger partial charge in [0, 0.05) is 6.54 Å². The van der Waals surface area contributed by atoms with Crippen LogP contribution in [-0.4, -0.2) is 9.78 Å². The summed E-state index contributed by atoms with van der Waals surface area (Å²) in [6.07, 6.45) is 2.80. The zero-order valence-electron chi connectivity index (χ0n) is 11.2. The van der Waals surface area contributed by atoms with Gasteiger partial charge in [-0.25, -0.2) is 0 Å². The maximum atomic E-state index is 5.65. The minimum atomic E-state index is 0.107. The van der Waals surface area contributed by atoms with Gasteiger partial charge in [-0.3, -0.25) is 16.0 Å². The summed E-state index contributed by atoms with van der Waals surface area (Å²) in [5.41, 5.74) is 6.35. The van der Waals surface area contributed by atoms with Crippen molar-refractivity contribution in [2.24, 2.45) is 5.84 Å². The molecule has 4 nitrogen and oxygen atoms in total. The summed E-state index contributed by atoms with van der Waals surface area (Å²) in [5, 5.41) is 4.54. The Labute approximate surface area is 104 Å². The van der Waals surface area contributed by atoms with Crippen LogP contribution >= 0.6 is 0 Å². The molecular weight excluding hydrogens is 212 g/mol. The zero-order valence-corrected chi connectivity index (χ0v) is 11.2. The normalized spacial score (nSPS) is 12.7. The third-order valence-corrected chi connectivity index (χ3v) is 3.07. The minimum Gasteiger partial charge on any atom is -0.271 e. The maximum Gasteiger partial charge on any atom is 0.0666 e. The van der Waals surface area contributed by atoms with Crippen LogP contribution in [0.25, 0.3) is 0 Å². The molecule has 1 aromatic rings. The first kappa shape index (κ1) is 13.9. The lowest BCUT2D eigenvalue weighted by Gasteiger charge is -2.17. The van der Waals surface area contributed by atoms with Crippen LogP contribution in [0.5, 0.6) is 0 Å². The van der Waals surface area contributed by atoms with E-state index in [1.165, 1.54) is 5.57 Å². The predicted octanol–water partition coefficient (Wildman–Crippen LogP) is 2.33. The van der Waals surface area contributed by atoms with E-state index in [9.17, 15) is 0 Å². The van der Waals surface area contributed by atoms with Crippen LogP contribution in [0.15, 0.2) is 18.2 Å². The molecule has 17 heavy (non-hydrogen) atoms. The van der Waals surface area contributed by atoms with Gasteiger partial charge in [0.15, 0.2) is 0 Å². The largest absolute Gasteiger partial charge is 0.271 e. The van der Waals surface area contributed by atoms with E-state index in [4.69, 9.17) is 5.84 Å². The summed E-state index contributed by atoms with van der Waals surface area (Å²) < 4.78 is 2.02. The Morgan fingerprint density at radius 1 is 1.53 bits per heavy atom. The lowest BCUT2D eigenvalue weighted by atomic mass is 10.0. The fraction of sp³-hybridized carbons (Fsp3) is 0.615. The summed E-state index contributed by atoms with van der Waals surface area (Å²) in [5.74, 6) is 5.65. The monoisotopic (exact) mass is 236 g/mol. The van der Waals surface area contributed by atoms with Gasteiger partial charge in [0.05, 0.1) is 17.4 Å². The summed E-state index contributed by atoms with van der Waals surface area (Å²) >= 11 is 0. The minimum absolute atomic E-state index is 0.107. The Hall–Kier alpha value is -1.13. The van der Waals surface area contributed by atoms with Crippen molar-refractivity contribution in [1.29, 1.82) is 0 Å². The van der Waals surface area contributed by atoms with Crippen LogP contribution < -0.4 is 11.3 Å². The zero-order chi connectivity index (χ0) is 12.8. The fourth-order valence-electron chi connectivity index (χ4n) is 1.88. The smallest absolute Gasteiger partial charge is 0.0666 e. The first-order valence-corrected chi connectivity index (χ1v) is 6.35. The lowest BCUT2D eigenvalue weighted by Crippen LogP contribution is -2.30. The van der Waals surface area contributed by atoms with E-state index in [1.807, 2.05) is 4.68 Å². The average Bonchev–Trinajstić information content (AvgIpc) is 2.78. The highest BCUT2D eigenvalue weighted by Crippen LogP contribution is 2.22. The molecule has 1 heterocycles. The highest BCUT2D eigenvalue weighted by Gasteiger charge is 2.16. The van der Waals surface area contributed by atoms with Gasteiger partial charge in [-0.2, -0.15) is 5.10 Å². The molecule has 96 valence electrons. The van der Waals surface area contributed by atoms with E-state index in [0.29, 0.717) is 0 Å². The Morgan fingerprint density at radius 2 is 2.24 bits per heavy atom. The molecule has 1 rings (SSSR count). The van der Waals surface area contributed by atoms with Gasteiger partial charge >= 0.3 is 0 Å². The molecule has 0 spiro atoms. The molecule has 1 unspecified atom stereocenters. The number of aromatic nitrogens is 2. The van der Waals surface area contributed by atoms with Crippen molar-refractivity contribution < 1.29 is 0 Å². The summed E-state index contributed by atoms with van der Waals surface area (Å²) in [7, 11) is 0. The van der Waals surface area contributed by atoms with Crippen molar-refractivity contribution in [3.63, 3.8) is 0 Å². The molecule has 0 aliphatic heterocycles. The quantitative estimate of drug-likeness (QED) is 0.434. The van der Waals surface area contributed by atoms with E-state index in [-0.39, 0.29) is 6.04 Å². The molecule has 0 radical (unpaired) electrons. The number of nitrogens with one attached hydrogen (secondary N) is 1. The SMILES string of the molecule is C=C(CC)CC(NN)c1cc(CC)nn1CC. The maximum absolute atomic E-state index is 5.65. The van der Waals surface area contributed by atoms with Gasteiger partial charge in [-0.1, -0.05) is 26.0 Å². The van der Waals surface area contributed by atoms with Crippen LogP contribution in [0.4, 0.5) is 0 Å². The van der Waals surface area contributed by atoms with Crippen LogP contribution in [0, 0.1) is 0 Å². The summed E-state index contributed by atoms with van der Waals surface area (Å²) in [6, 6.07) is 2.24. The van der Waals surface area contributed by atoms with Gasteiger partial charge in [-0.15, -0.1) is 0 Å². The number of hydrazine groups is 1. The third kappa shape index (κ3) is 3.41. The highest BCUT2D eigenvalue weighted by molar-refractivity contribution is 5.16. The molecular formula is C13H24N4. The molecule has 0 fully saturated rings. The Bertz CT molecular complexity index is 367. The van der Waals surface area contributed by atoms with Crippen molar-refractivity contribution in [1.82, 2.24) is 15.2 Å². The second kappa shape index (κ2) is 6.57. The molecule has 0 aromatic carbocycles. The van der Waals surface area contributed by atoms with Crippen molar-refractivity contribution in [2.45, 2.75) is 52.6 Å². The molecule has 0 amide bonds. The molecule has 0 bridgehead atoms. The van der Waals surface area contributed by atoms with Crippen molar-refractivity contribution in [3.8, 4) is 0 Å². The molecule has 4 heteroatoms. The predicted molar refractivity (Wildman–Crippen MR) is 71.4 cm³/mol. The van der Waals surface area contributed by atoms with Crippen molar-refractivity contribution in [3.05, 3.63) is 29.6 Å². The van der Waals surface area contributed by atoms with E-state index in [2.05, 4.69) is 43.9 Å².